The molecule has 0 saturated heterocycles. The number of hydrogen-bond donors (Lipinski definition) is 0. The molecule has 0 atom stereocenters. The van der Waals surface area contributed by atoms with Crippen LogP contribution in [-0.4, -0.2) is 24.5 Å². The highest BCUT2D eigenvalue weighted by Crippen LogP contribution is 2.17. The number of rotatable bonds is 1. The van der Waals surface area contributed by atoms with Gasteiger partial charge in [-0.25, -0.2) is 4.79 Å². The van der Waals surface area contributed by atoms with Crippen molar-refractivity contribution in [3.63, 3.8) is 0 Å². The van der Waals surface area contributed by atoms with E-state index in [1.807, 2.05) is 6.08 Å². The number of esters is 1. The second kappa shape index (κ2) is 2.97. The molecule has 0 saturated carbocycles. The minimum Gasteiger partial charge on any atom is -0.465 e. The molecule has 0 amide bonds. The van der Waals surface area contributed by atoms with E-state index in [2.05, 4.69) is 14.7 Å². The van der Waals surface area contributed by atoms with Crippen LogP contribution >= 0.6 is 0 Å². The van der Waals surface area contributed by atoms with Gasteiger partial charge in [0.25, 0.3) is 0 Å². The van der Waals surface area contributed by atoms with Crippen molar-refractivity contribution in [3.8, 4) is 0 Å². The predicted molar refractivity (Wildman–Crippen MR) is 48.7 cm³/mol. The molecule has 2 heterocycles. The maximum atomic E-state index is 11.1. The van der Waals surface area contributed by atoms with E-state index >= 15 is 0 Å². The van der Waals surface area contributed by atoms with Crippen molar-refractivity contribution in [2.45, 2.75) is 6.42 Å². The van der Waals surface area contributed by atoms with Gasteiger partial charge in [-0.3, -0.25) is 9.98 Å². The third-order valence-electron chi connectivity index (χ3n) is 1.93. The van der Waals surface area contributed by atoms with Gasteiger partial charge in [-0.15, -0.1) is 0 Å². The van der Waals surface area contributed by atoms with E-state index in [0.717, 1.165) is 11.3 Å². The number of carbonyl (C=O) groups is 1. The quantitative estimate of drug-likeness (QED) is 0.556. The smallest absolute Gasteiger partial charge is 0.352 e. The molecule has 0 bridgehead atoms. The third kappa shape index (κ3) is 1.30. The fourth-order valence-electron chi connectivity index (χ4n) is 1.24. The molecule has 66 valence electrons. The molecule has 13 heavy (non-hydrogen) atoms. The van der Waals surface area contributed by atoms with Gasteiger partial charge in [0.1, 0.15) is 5.71 Å². The van der Waals surface area contributed by atoms with Gasteiger partial charge < -0.3 is 4.74 Å². The highest BCUT2D eigenvalue weighted by Gasteiger charge is 2.21. The third-order valence-corrected chi connectivity index (χ3v) is 1.93. The van der Waals surface area contributed by atoms with Crippen LogP contribution in [0.15, 0.2) is 34.0 Å². The number of hydrogen-bond acceptors (Lipinski definition) is 4. The number of aliphatic imine (C=N–C) groups is 2. The summed E-state index contributed by atoms with van der Waals surface area (Å²) in [6.45, 7) is 0. The van der Waals surface area contributed by atoms with Crippen LogP contribution in [-0.2, 0) is 9.53 Å². The highest BCUT2D eigenvalue weighted by atomic mass is 16.5. The van der Waals surface area contributed by atoms with E-state index < -0.39 is 0 Å². The normalized spacial score (nSPS) is 18.7. The fraction of sp³-hybridized carbons (Fsp3) is 0.222. The molecule has 0 N–H and O–H groups in total. The SMILES string of the molecule is COC(=O)C1=NC=C2C=CN=C2C1. The number of nitrogens with zero attached hydrogens (tertiary/aromatic N) is 2. The van der Waals surface area contributed by atoms with Crippen LogP contribution in [0.1, 0.15) is 6.42 Å². The summed E-state index contributed by atoms with van der Waals surface area (Å²) in [5, 5.41) is 0. The predicted octanol–water partition coefficient (Wildman–Crippen LogP) is 0.856. The maximum absolute atomic E-state index is 11.1. The fourth-order valence-corrected chi connectivity index (χ4v) is 1.24. The van der Waals surface area contributed by atoms with Gasteiger partial charge in [0.2, 0.25) is 0 Å². The Morgan fingerprint density at radius 1 is 1.54 bits per heavy atom. The summed E-state index contributed by atoms with van der Waals surface area (Å²) in [6, 6.07) is 0. The van der Waals surface area contributed by atoms with Crippen LogP contribution in [0.25, 0.3) is 0 Å². The number of ether oxygens (including phenoxy) is 1. The molecule has 0 unspecified atom stereocenters. The molecule has 2 aliphatic heterocycles. The molecule has 0 aromatic carbocycles. The average molecular weight is 176 g/mol. The minimum atomic E-state index is -0.384. The largest absolute Gasteiger partial charge is 0.465 e. The van der Waals surface area contributed by atoms with Crippen LogP contribution in [0, 0.1) is 0 Å². The van der Waals surface area contributed by atoms with E-state index in [0.29, 0.717) is 12.1 Å². The van der Waals surface area contributed by atoms with E-state index in [1.54, 1.807) is 12.4 Å². The van der Waals surface area contributed by atoms with Crippen molar-refractivity contribution in [1.82, 2.24) is 0 Å². The Kier molecular flexibility index (Phi) is 1.81. The Hall–Kier alpha value is -1.71. The van der Waals surface area contributed by atoms with Crippen LogP contribution in [0.4, 0.5) is 0 Å². The number of allylic oxidation sites excluding steroid dienone is 2. The van der Waals surface area contributed by atoms with Crippen LogP contribution in [0.3, 0.4) is 0 Å². The van der Waals surface area contributed by atoms with Crippen molar-refractivity contribution in [2.24, 2.45) is 9.98 Å². The molecule has 2 aliphatic rings. The molecule has 0 aromatic heterocycles. The highest BCUT2D eigenvalue weighted by molar-refractivity contribution is 6.42. The van der Waals surface area contributed by atoms with E-state index in [-0.39, 0.29) is 5.97 Å². The van der Waals surface area contributed by atoms with Crippen molar-refractivity contribution in [3.05, 3.63) is 24.0 Å². The second-order valence-corrected chi connectivity index (χ2v) is 2.72. The van der Waals surface area contributed by atoms with Gasteiger partial charge in [0.15, 0.2) is 0 Å². The lowest BCUT2D eigenvalue weighted by Gasteiger charge is -2.08. The Morgan fingerprint density at radius 3 is 3.15 bits per heavy atom. The average Bonchev–Trinajstić information content (AvgIpc) is 2.63. The molecule has 0 aliphatic carbocycles. The van der Waals surface area contributed by atoms with Crippen LogP contribution < -0.4 is 0 Å². The second-order valence-electron chi connectivity index (χ2n) is 2.72. The summed E-state index contributed by atoms with van der Waals surface area (Å²) >= 11 is 0. The summed E-state index contributed by atoms with van der Waals surface area (Å²) in [4.78, 5) is 19.2. The Labute approximate surface area is 75.3 Å². The van der Waals surface area contributed by atoms with Gasteiger partial charge in [-0.05, 0) is 6.08 Å². The number of methoxy groups -OCH3 is 1. The zero-order valence-electron chi connectivity index (χ0n) is 7.15. The lowest BCUT2D eigenvalue weighted by Crippen LogP contribution is -2.21. The summed E-state index contributed by atoms with van der Waals surface area (Å²) in [6.07, 6.45) is 5.67. The topological polar surface area (TPSA) is 51.0 Å². The van der Waals surface area contributed by atoms with Gasteiger partial charge in [0.05, 0.1) is 12.8 Å². The first-order valence-corrected chi connectivity index (χ1v) is 3.90. The Morgan fingerprint density at radius 2 is 2.38 bits per heavy atom. The van der Waals surface area contributed by atoms with Crippen LogP contribution in [0.2, 0.25) is 0 Å². The van der Waals surface area contributed by atoms with Crippen molar-refractivity contribution in [2.75, 3.05) is 7.11 Å². The first-order valence-electron chi connectivity index (χ1n) is 3.90. The number of fused-ring (bicyclic) bond motifs is 1. The van der Waals surface area contributed by atoms with E-state index in [9.17, 15) is 4.79 Å². The molecule has 0 fully saturated rings. The molecule has 4 nitrogen and oxygen atoms in total. The minimum absolute atomic E-state index is 0.384. The standard InChI is InChI=1S/C9H8N2O2/c1-13-9(12)8-4-7-6(5-11-8)2-3-10-7/h2-3,5H,4H2,1H3. The first kappa shape index (κ1) is 7.91. The van der Waals surface area contributed by atoms with Gasteiger partial charge in [-0.2, -0.15) is 0 Å². The molecule has 4 heteroatoms. The summed E-state index contributed by atoms with van der Waals surface area (Å²) in [7, 11) is 1.35. The summed E-state index contributed by atoms with van der Waals surface area (Å²) in [5.41, 5.74) is 2.27. The molecular weight excluding hydrogens is 168 g/mol. The van der Waals surface area contributed by atoms with E-state index in [1.165, 1.54) is 7.11 Å². The van der Waals surface area contributed by atoms with Gasteiger partial charge in [-0.1, -0.05) is 0 Å². The summed E-state index contributed by atoms with van der Waals surface area (Å²) < 4.78 is 4.56. The molecular formula is C9H8N2O2. The van der Waals surface area contributed by atoms with Gasteiger partial charge in [0, 0.05) is 24.4 Å². The zero-order chi connectivity index (χ0) is 9.26. The monoisotopic (exact) mass is 176 g/mol. The van der Waals surface area contributed by atoms with Gasteiger partial charge >= 0.3 is 5.97 Å². The molecule has 0 radical (unpaired) electrons. The lowest BCUT2D eigenvalue weighted by molar-refractivity contribution is -0.132. The molecule has 0 aromatic rings. The van der Waals surface area contributed by atoms with Crippen molar-refractivity contribution < 1.29 is 9.53 Å². The van der Waals surface area contributed by atoms with E-state index in [4.69, 9.17) is 0 Å². The Balaban J connectivity index is 2.25. The first-order chi connectivity index (χ1) is 6.31. The Bertz CT molecular complexity index is 375. The lowest BCUT2D eigenvalue weighted by atomic mass is 10.0. The van der Waals surface area contributed by atoms with Crippen LogP contribution in [0.5, 0.6) is 0 Å². The number of carbonyl (C=O) groups excluding carboxylic acids is 1. The maximum Gasteiger partial charge on any atom is 0.352 e. The van der Waals surface area contributed by atoms with Crippen molar-refractivity contribution >= 4 is 17.4 Å². The molecule has 0 spiro atoms. The zero-order valence-corrected chi connectivity index (χ0v) is 7.15. The van der Waals surface area contributed by atoms with Crippen molar-refractivity contribution in [1.29, 1.82) is 0 Å². The molecule has 2 rings (SSSR count). The summed E-state index contributed by atoms with van der Waals surface area (Å²) in [5.74, 6) is -0.384.